The van der Waals surface area contributed by atoms with Gasteiger partial charge in [-0.2, -0.15) is 0 Å². The summed E-state index contributed by atoms with van der Waals surface area (Å²) in [6.07, 6.45) is 1.67. The minimum atomic E-state index is -0.413. The first kappa shape index (κ1) is 17.1. The molecule has 2 aromatic carbocycles. The molecule has 1 aliphatic rings. The second kappa shape index (κ2) is 7.04. The van der Waals surface area contributed by atoms with Gasteiger partial charge in [0.2, 0.25) is 0 Å². The molecule has 0 aliphatic carbocycles. The second-order valence-electron chi connectivity index (χ2n) is 5.22. The van der Waals surface area contributed by atoms with Gasteiger partial charge in [-0.05, 0) is 60.3 Å². The summed E-state index contributed by atoms with van der Waals surface area (Å²) in [4.78, 5) is 25.5. The maximum Gasteiger partial charge on any atom is 0.337 e. The van der Waals surface area contributed by atoms with Crippen molar-refractivity contribution in [1.82, 2.24) is 5.32 Å². The molecule has 3 rings (SSSR count). The molecule has 0 atom stereocenters. The van der Waals surface area contributed by atoms with Crippen LogP contribution in [-0.4, -0.2) is 24.1 Å². The van der Waals surface area contributed by atoms with E-state index in [-0.39, 0.29) is 5.91 Å². The number of halogens is 1. The van der Waals surface area contributed by atoms with Crippen molar-refractivity contribution in [2.75, 3.05) is 12.0 Å². The standard InChI is InChI=1S/C18H13ClN2O3S/c1-24-17(23)12-4-2-11(3-5-12)10-15-16(22)21(18(25)20-15)14-8-6-13(19)7-9-14/h2-10H,1H3,(H,20,25)/b15-10-. The molecule has 0 spiro atoms. The Hall–Kier alpha value is -2.70. The normalized spacial score (nSPS) is 15.4. The molecular weight excluding hydrogens is 360 g/mol. The van der Waals surface area contributed by atoms with Crippen LogP contribution in [0.4, 0.5) is 5.69 Å². The van der Waals surface area contributed by atoms with E-state index in [1.165, 1.54) is 12.0 Å². The van der Waals surface area contributed by atoms with E-state index in [9.17, 15) is 9.59 Å². The summed E-state index contributed by atoms with van der Waals surface area (Å²) >= 11 is 11.1. The van der Waals surface area contributed by atoms with E-state index in [0.717, 1.165) is 5.56 Å². The first-order valence-electron chi connectivity index (χ1n) is 7.30. The zero-order chi connectivity index (χ0) is 18.0. The minimum absolute atomic E-state index is 0.260. The maximum atomic E-state index is 12.6. The van der Waals surface area contributed by atoms with Crippen molar-refractivity contribution in [3.8, 4) is 0 Å². The van der Waals surface area contributed by atoms with E-state index in [1.807, 2.05) is 0 Å². The zero-order valence-electron chi connectivity index (χ0n) is 13.2. The quantitative estimate of drug-likeness (QED) is 0.508. The smallest absolute Gasteiger partial charge is 0.337 e. The van der Waals surface area contributed by atoms with Crippen LogP contribution >= 0.6 is 23.8 Å². The van der Waals surface area contributed by atoms with Crippen molar-refractivity contribution >= 4 is 52.6 Å². The van der Waals surface area contributed by atoms with Gasteiger partial charge in [-0.3, -0.25) is 9.69 Å². The Kier molecular flexibility index (Phi) is 4.83. The fraction of sp³-hybridized carbons (Fsp3) is 0.0556. The number of thiocarbonyl (C=S) groups is 1. The van der Waals surface area contributed by atoms with E-state index in [2.05, 4.69) is 10.1 Å². The van der Waals surface area contributed by atoms with Crippen LogP contribution < -0.4 is 10.2 Å². The molecule has 25 heavy (non-hydrogen) atoms. The average molecular weight is 373 g/mol. The lowest BCUT2D eigenvalue weighted by Gasteiger charge is -2.13. The molecule has 1 heterocycles. The van der Waals surface area contributed by atoms with Crippen molar-refractivity contribution < 1.29 is 14.3 Å². The molecule has 7 heteroatoms. The number of benzene rings is 2. The van der Waals surface area contributed by atoms with Crippen LogP contribution in [0.15, 0.2) is 54.2 Å². The number of methoxy groups -OCH3 is 1. The molecule has 1 amide bonds. The Bertz CT molecular complexity index is 876. The third kappa shape index (κ3) is 3.55. The summed E-state index contributed by atoms with van der Waals surface area (Å²) < 4.78 is 4.66. The van der Waals surface area contributed by atoms with Crippen molar-refractivity contribution in [2.24, 2.45) is 0 Å². The largest absolute Gasteiger partial charge is 0.465 e. The van der Waals surface area contributed by atoms with Gasteiger partial charge < -0.3 is 10.1 Å². The van der Waals surface area contributed by atoms with Gasteiger partial charge in [0.25, 0.3) is 5.91 Å². The van der Waals surface area contributed by atoms with Crippen molar-refractivity contribution in [2.45, 2.75) is 0 Å². The summed E-state index contributed by atoms with van der Waals surface area (Å²) in [7, 11) is 1.33. The summed E-state index contributed by atoms with van der Waals surface area (Å²) in [5.74, 6) is -0.672. The number of nitrogens with one attached hydrogen (secondary N) is 1. The third-order valence-electron chi connectivity index (χ3n) is 3.61. The van der Waals surface area contributed by atoms with E-state index in [0.29, 0.717) is 27.1 Å². The van der Waals surface area contributed by atoms with E-state index >= 15 is 0 Å². The number of anilines is 1. The van der Waals surface area contributed by atoms with E-state index < -0.39 is 5.97 Å². The van der Waals surface area contributed by atoms with Gasteiger partial charge in [0.15, 0.2) is 5.11 Å². The van der Waals surface area contributed by atoms with Gasteiger partial charge in [0.1, 0.15) is 5.70 Å². The summed E-state index contributed by atoms with van der Waals surface area (Å²) in [5, 5.41) is 3.78. The fourth-order valence-electron chi connectivity index (χ4n) is 2.36. The van der Waals surface area contributed by atoms with Crippen molar-refractivity contribution in [3.63, 3.8) is 0 Å². The predicted octanol–water partition coefficient (Wildman–Crippen LogP) is 3.39. The summed E-state index contributed by atoms with van der Waals surface area (Å²) in [5.41, 5.74) is 2.18. The molecule has 1 N–H and O–H groups in total. The molecule has 0 bridgehead atoms. The number of ether oxygens (including phenoxy) is 1. The van der Waals surface area contributed by atoms with Gasteiger partial charge in [0, 0.05) is 5.02 Å². The van der Waals surface area contributed by atoms with Crippen LogP contribution in [0.2, 0.25) is 5.02 Å². The molecule has 1 saturated heterocycles. The van der Waals surface area contributed by atoms with Crippen molar-refractivity contribution in [3.05, 3.63) is 70.4 Å². The number of esters is 1. The van der Waals surface area contributed by atoms with Crippen LogP contribution in [0.1, 0.15) is 15.9 Å². The highest BCUT2D eigenvalue weighted by molar-refractivity contribution is 7.80. The Morgan fingerprint density at radius 2 is 1.80 bits per heavy atom. The minimum Gasteiger partial charge on any atom is -0.465 e. The first-order valence-corrected chi connectivity index (χ1v) is 8.09. The van der Waals surface area contributed by atoms with Crippen molar-refractivity contribution in [1.29, 1.82) is 0 Å². The number of amides is 1. The Morgan fingerprint density at radius 1 is 1.16 bits per heavy atom. The molecular formula is C18H13ClN2O3S. The topological polar surface area (TPSA) is 58.6 Å². The molecule has 0 saturated carbocycles. The van der Waals surface area contributed by atoms with Gasteiger partial charge in [-0.15, -0.1) is 0 Å². The molecule has 126 valence electrons. The highest BCUT2D eigenvalue weighted by Crippen LogP contribution is 2.24. The molecule has 1 fully saturated rings. The van der Waals surface area contributed by atoms with Crippen LogP contribution in [-0.2, 0) is 9.53 Å². The SMILES string of the molecule is COC(=O)c1ccc(/C=C2\NC(=S)N(c3ccc(Cl)cc3)C2=O)cc1. The van der Waals surface area contributed by atoms with Gasteiger partial charge in [0.05, 0.1) is 18.4 Å². The highest BCUT2D eigenvalue weighted by atomic mass is 35.5. The van der Waals surface area contributed by atoms with E-state index in [4.69, 9.17) is 23.8 Å². The summed E-state index contributed by atoms with van der Waals surface area (Å²) in [6, 6.07) is 13.6. The average Bonchev–Trinajstić information content (AvgIpc) is 2.89. The van der Waals surface area contributed by atoms with Crippen LogP contribution in [0.5, 0.6) is 0 Å². The Balaban J connectivity index is 1.85. The van der Waals surface area contributed by atoms with Crippen LogP contribution in [0.25, 0.3) is 6.08 Å². The molecule has 0 radical (unpaired) electrons. The zero-order valence-corrected chi connectivity index (χ0v) is 14.7. The second-order valence-corrected chi connectivity index (χ2v) is 6.04. The number of hydrogen-bond donors (Lipinski definition) is 1. The van der Waals surface area contributed by atoms with Gasteiger partial charge in [-0.25, -0.2) is 4.79 Å². The number of rotatable bonds is 3. The van der Waals surface area contributed by atoms with Crippen LogP contribution in [0.3, 0.4) is 0 Å². The number of hydrogen-bond acceptors (Lipinski definition) is 4. The summed E-state index contributed by atoms with van der Waals surface area (Å²) in [6.45, 7) is 0. The maximum absolute atomic E-state index is 12.6. The lowest BCUT2D eigenvalue weighted by atomic mass is 10.1. The third-order valence-corrected chi connectivity index (χ3v) is 4.14. The lowest BCUT2D eigenvalue weighted by molar-refractivity contribution is -0.113. The van der Waals surface area contributed by atoms with Gasteiger partial charge in [-0.1, -0.05) is 23.7 Å². The first-order chi connectivity index (χ1) is 12.0. The number of nitrogens with zero attached hydrogens (tertiary/aromatic N) is 1. The molecule has 1 aliphatic heterocycles. The predicted molar refractivity (Wildman–Crippen MR) is 100 cm³/mol. The molecule has 0 aromatic heterocycles. The van der Waals surface area contributed by atoms with Crippen LogP contribution in [0, 0.1) is 0 Å². The number of carbonyl (C=O) groups excluding carboxylic acids is 2. The molecule has 0 unspecified atom stereocenters. The lowest BCUT2D eigenvalue weighted by Crippen LogP contribution is -2.30. The molecule has 2 aromatic rings. The monoisotopic (exact) mass is 372 g/mol. The Labute approximate surface area is 154 Å². The fourth-order valence-corrected chi connectivity index (χ4v) is 2.78. The van der Waals surface area contributed by atoms with Gasteiger partial charge >= 0.3 is 5.97 Å². The number of carbonyl (C=O) groups is 2. The van der Waals surface area contributed by atoms with E-state index in [1.54, 1.807) is 54.6 Å². The Morgan fingerprint density at radius 3 is 2.40 bits per heavy atom. The highest BCUT2D eigenvalue weighted by Gasteiger charge is 2.31. The molecule has 5 nitrogen and oxygen atoms in total.